The van der Waals surface area contributed by atoms with Crippen molar-refractivity contribution >= 4 is 18.4 Å². The first-order valence-electron chi connectivity index (χ1n) is 3.14. The molecule has 11 heavy (non-hydrogen) atoms. The SMILES string of the molecule is C=CCC[C@](C)(N)C(=O)O.Cl. The molecule has 3 nitrogen and oxygen atoms in total. The topological polar surface area (TPSA) is 63.3 Å². The summed E-state index contributed by atoms with van der Waals surface area (Å²) < 4.78 is 0. The summed E-state index contributed by atoms with van der Waals surface area (Å²) in [6.07, 6.45) is 2.74. The molecule has 0 amide bonds. The second-order valence-corrected chi connectivity index (χ2v) is 2.55. The van der Waals surface area contributed by atoms with Gasteiger partial charge in [0.1, 0.15) is 5.54 Å². The molecule has 0 radical (unpaired) electrons. The lowest BCUT2D eigenvalue weighted by atomic mass is 9.98. The van der Waals surface area contributed by atoms with Gasteiger partial charge in [0.2, 0.25) is 0 Å². The molecule has 3 N–H and O–H groups in total. The van der Waals surface area contributed by atoms with Crippen molar-refractivity contribution in [1.82, 2.24) is 0 Å². The summed E-state index contributed by atoms with van der Waals surface area (Å²) in [4.78, 5) is 10.4. The third kappa shape index (κ3) is 4.81. The van der Waals surface area contributed by atoms with Crippen LogP contribution in [-0.4, -0.2) is 16.6 Å². The molecule has 66 valence electrons. The molecule has 0 heterocycles. The molecular formula is C7H14ClNO2. The summed E-state index contributed by atoms with van der Waals surface area (Å²) in [6, 6.07) is 0. The first-order valence-corrected chi connectivity index (χ1v) is 3.14. The summed E-state index contributed by atoms with van der Waals surface area (Å²) >= 11 is 0. The number of halogens is 1. The van der Waals surface area contributed by atoms with Gasteiger partial charge in [0.15, 0.2) is 0 Å². The summed E-state index contributed by atoms with van der Waals surface area (Å²) in [5.74, 6) is -0.964. The Morgan fingerprint density at radius 2 is 2.27 bits per heavy atom. The summed E-state index contributed by atoms with van der Waals surface area (Å²) in [5.41, 5.74) is 4.30. The van der Waals surface area contributed by atoms with Gasteiger partial charge in [-0.3, -0.25) is 4.79 Å². The largest absolute Gasteiger partial charge is 0.480 e. The molecule has 0 spiro atoms. The predicted molar refractivity (Wildman–Crippen MR) is 46.9 cm³/mol. The van der Waals surface area contributed by atoms with E-state index in [0.717, 1.165) is 0 Å². The van der Waals surface area contributed by atoms with Gasteiger partial charge in [0.25, 0.3) is 0 Å². The number of hydrogen-bond donors (Lipinski definition) is 2. The molecule has 0 fully saturated rings. The Hall–Kier alpha value is -0.540. The highest BCUT2D eigenvalue weighted by Crippen LogP contribution is 2.08. The average Bonchev–Trinajstić information content (AvgIpc) is 1.84. The first-order chi connectivity index (χ1) is 4.50. The van der Waals surface area contributed by atoms with Crippen LogP contribution in [0.4, 0.5) is 0 Å². The minimum Gasteiger partial charge on any atom is -0.480 e. The molecule has 0 aliphatic rings. The number of carbonyl (C=O) groups is 1. The highest BCUT2D eigenvalue weighted by Gasteiger charge is 2.26. The van der Waals surface area contributed by atoms with Crippen LogP contribution in [0.1, 0.15) is 19.8 Å². The van der Waals surface area contributed by atoms with E-state index in [1.807, 2.05) is 0 Å². The molecule has 0 aliphatic heterocycles. The van der Waals surface area contributed by atoms with E-state index in [2.05, 4.69) is 6.58 Å². The normalized spacial score (nSPS) is 14.4. The maximum atomic E-state index is 10.4. The highest BCUT2D eigenvalue weighted by atomic mass is 35.5. The van der Waals surface area contributed by atoms with E-state index < -0.39 is 11.5 Å². The fourth-order valence-electron chi connectivity index (χ4n) is 0.509. The van der Waals surface area contributed by atoms with Crippen molar-refractivity contribution in [2.75, 3.05) is 0 Å². The van der Waals surface area contributed by atoms with E-state index in [1.54, 1.807) is 6.08 Å². The van der Waals surface area contributed by atoms with Crippen LogP contribution in [0.15, 0.2) is 12.7 Å². The van der Waals surface area contributed by atoms with E-state index in [-0.39, 0.29) is 12.4 Å². The van der Waals surface area contributed by atoms with Crippen LogP contribution in [0.25, 0.3) is 0 Å². The van der Waals surface area contributed by atoms with Gasteiger partial charge in [-0.1, -0.05) is 6.08 Å². The van der Waals surface area contributed by atoms with Gasteiger partial charge >= 0.3 is 5.97 Å². The van der Waals surface area contributed by atoms with E-state index in [0.29, 0.717) is 12.8 Å². The van der Waals surface area contributed by atoms with Crippen LogP contribution in [-0.2, 0) is 4.79 Å². The molecule has 0 aliphatic carbocycles. The molecule has 0 unspecified atom stereocenters. The lowest BCUT2D eigenvalue weighted by molar-refractivity contribution is -0.142. The molecule has 4 heteroatoms. The monoisotopic (exact) mass is 179 g/mol. The minimum atomic E-state index is -1.10. The van der Waals surface area contributed by atoms with Crippen molar-refractivity contribution in [3.8, 4) is 0 Å². The third-order valence-corrected chi connectivity index (χ3v) is 1.36. The Labute approximate surface area is 72.7 Å². The van der Waals surface area contributed by atoms with Crippen molar-refractivity contribution in [2.24, 2.45) is 5.73 Å². The van der Waals surface area contributed by atoms with E-state index in [9.17, 15) is 4.79 Å². The molecular weight excluding hydrogens is 166 g/mol. The molecule has 0 rings (SSSR count). The van der Waals surface area contributed by atoms with Crippen LogP contribution >= 0.6 is 12.4 Å². The van der Waals surface area contributed by atoms with Crippen LogP contribution in [0.2, 0.25) is 0 Å². The lowest BCUT2D eigenvalue weighted by Crippen LogP contribution is -2.44. The summed E-state index contributed by atoms with van der Waals surface area (Å²) in [5, 5.41) is 8.51. The van der Waals surface area contributed by atoms with Gasteiger partial charge in [0, 0.05) is 0 Å². The Bertz CT molecular complexity index is 145. The Morgan fingerprint density at radius 3 is 2.55 bits per heavy atom. The number of carboxylic acids is 1. The average molecular weight is 180 g/mol. The van der Waals surface area contributed by atoms with Gasteiger partial charge in [-0.05, 0) is 19.8 Å². The third-order valence-electron chi connectivity index (χ3n) is 1.36. The minimum absolute atomic E-state index is 0. The summed E-state index contributed by atoms with van der Waals surface area (Å²) in [7, 11) is 0. The molecule has 0 saturated heterocycles. The fourth-order valence-corrected chi connectivity index (χ4v) is 0.509. The molecule has 0 aromatic heterocycles. The Morgan fingerprint density at radius 1 is 1.82 bits per heavy atom. The number of aliphatic carboxylic acids is 1. The van der Waals surface area contributed by atoms with Gasteiger partial charge in [-0.25, -0.2) is 0 Å². The van der Waals surface area contributed by atoms with Gasteiger partial charge in [-0.15, -0.1) is 19.0 Å². The van der Waals surface area contributed by atoms with E-state index >= 15 is 0 Å². The van der Waals surface area contributed by atoms with E-state index in [1.165, 1.54) is 6.92 Å². The number of nitrogens with two attached hydrogens (primary N) is 1. The smallest absolute Gasteiger partial charge is 0.323 e. The quantitative estimate of drug-likeness (QED) is 0.637. The van der Waals surface area contributed by atoms with Crippen molar-refractivity contribution < 1.29 is 9.90 Å². The zero-order valence-corrected chi connectivity index (χ0v) is 7.36. The van der Waals surface area contributed by atoms with Crippen LogP contribution in [0.5, 0.6) is 0 Å². The number of hydrogen-bond acceptors (Lipinski definition) is 2. The Kier molecular flexibility index (Phi) is 6.13. The van der Waals surface area contributed by atoms with Crippen molar-refractivity contribution in [2.45, 2.75) is 25.3 Å². The zero-order chi connectivity index (χ0) is 8.20. The van der Waals surface area contributed by atoms with Crippen LogP contribution in [0.3, 0.4) is 0 Å². The van der Waals surface area contributed by atoms with Crippen molar-refractivity contribution in [3.63, 3.8) is 0 Å². The molecule has 0 saturated carbocycles. The second-order valence-electron chi connectivity index (χ2n) is 2.55. The van der Waals surface area contributed by atoms with Crippen molar-refractivity contribution in [3.05, 3.63) is 12.7 Å². The zero-order valence-electron chi connectivity index (χ0n) is 6.54. The van der Waals surface area contributed by atoms with Gasteiger partial charge < -0.3 is 10.8 Å². The number of allylic oxidation sites excluding steroid dienone is 1. The fraction of sp³-hybridized carbons (Fsp3) is 0.571. The second kappa shape index (κ2) is 5.16. The van der Waals surface area contributed by atoms with Gasteiger partial charge in [0.05, 0.1) is 0 Å². The number of rotatable bonds is 4. The number of carboxylic acid groups (broad SMARTS) is 1. The van der Waals surface area contributed by atoms with Crippen LogP contribution < -0.4 is 5.73 Å². The van der Waals surface area contributed by atoms with Gasteiger partial charge in [-0.2, -0.15) is 0 Å². The predicted octanol–water partition coefficient (Wildman–Crippen LogP) is 1.18. The molecule has 0 aromatic rings. The lowest BCUT2D eigenvalue weighted by Gasteiger charge is -2.17. The summed E-state index contributed by atoms with van der Waals surface area (Å²) in [6.45, 7) is 4.97. The van der Waals surface area contributed by atoms with E-state index in [4.69, 9.17) is 10.8 Å². The molecule has 1 atom stereocenters. The maximum Gasteiger partial charge on any atom is 0.323 e. The van der Waals surface area contributed by atoms with Crippen LogP contribution in [0, 0.1) is 0 Å². The molecule has 0 aromatic carbocycles. The molecule has 0 bridgehead atoms. The maximum absolute atomic E-state index is 10.4. The highest BCUT2D eigenvalue weighted by molar-refractivity contribution is 5.85. The standard InChI is InChI=1S/C7H13NO2.ClH/c1-3-4-5-7(2,8)6(9)10;/h3H,1,4-5,8H2,2H3,(H,9,10);1H/t7-;/m0./s1. The van der Waals surface area contributed by atoms with Crippen molar-refractivity contribution in [1.29, 1.82) is 0 Å². The Balaban J connectivity index is 0. The first kappa shape index (κ1) is 13.1.